The Morgan fingerprint density at radius 1 is 1.52 bits per heavy atom. The highest BCUT2D eigenvalue weighted by Gasteiger charge is 2.29. The maximum atomic E-state index is 13.1. The monoisotopic (exact) mass is 293 g/mol. The Kier molecular flexibility index (Phi) is 5.34. The van der Waals surface area contributed by atoms with Crippen molar-refractivity contribution in [3.05, 3.63) is 35.6 Å². The van der Waals surface area contributed by atoms with Crippen molar-refractivity contribution >= 4 is 5.91 Å². The Balaban J connectivity index is 1.85. The van der Waals surface area contributed by atoms with E-state index in [-0.39, 0.29) is 23.6 Å². The van der Waals surface area contributed by atoms with Crippen molar-refractivity contribution in [3.63, 3.8) is 0 Å². The lowest BCUT2D eigenvalue weighted by atomic mass is 9.94. The van der Waals surface area contributed by atoms with Gasteiger partial charge in [0.25, 0.3) is 0 Å². The number of likely N-dealkylation sites (tertiary alicyclic amines) is 1. The van der Waals surface area contributed by atoms with Gasteiger partial charge in [0.05, 0.1) is 6.10 Å². The summed E-state index contributed by atoms with van der Waals surface area (Å²) in [6.07, 6.45) is 1.82. The van der Waals surface area contributed by atoms with Crippen LogP contribution < -0.4 is 0 Å². The minimum atomic E-state index is -0.418. The molecular weight excluding hydrogens is 269 g/mol. The molecule has 0 aliphatic carbocycles. The van der Waals surface area contributed by atoms with Gasteiger partial charge in [-0.05, 0) is 42.9 Å². The zero-order valence-corrected chi connectivity index (χ0v) is 12.8. The van der Waals surface area contributed by atoms with Crippen molar-refractivity contribution in [2.45, 2.75) is 39.2 Å². The van der Waals surface area contributed by atoms with Gasteiger partial charge < -0.3 is 10.0 Å². The summed E-state index contributed by atoms with van der Waals surface area (Å²) >= 11 is 0. The van der Waals surface area contributed by atoms with Crippen LogP contribution in [0.25, 0.3) is 0 Å². The fourth-order valence-corrected chi connectivity index (χ4v) is 2.76. The third-order valence-corrected chi connectivity index (χ3v) is 4.41. The number of hydrogen-bond donors (Lipinski definition) is 1. The van der Waals surface area contributed by atoms with Crippen LogP contribution in [0, 0.1) is 17.7 Å². The van der Waals surface area contributed by atoms with Crippen molar-refractivity contribution < 1.29 is 14.3 Å². The van der Waals surface area contributed by atoms with Crippen LogP contribution in [0.3, 0.4) is 0 Å². The van der Waals surface area contributed by atoms with Gasteiger partial charge in [0.2, 0.25) is 5.91 Å². The average molecular weight is 293 g/mol. The van der Waals surface area contributed by atoms with Crippen molar-refractivity contribution in [2.24, 2.45) is 11.8 Å². The van der Waals surface area contributed by atoms with E-state index in [9.17, 15) is 14.3 Å². The van der Waals surface area contributed by atoms with Gasteiger partial charge in [0, 0.05) is 19.0 Å². The summed E-state index contributed by atoms with van der Waals surface area (Å²) in [4.78, 5) is 14.1. The molecule has 3 nitrogen and oxygen atoms in total. The predicted molar refractivity (Wildman–Crippen MR) is 80.3 cm³/mol. The normalized spacial score (nSPS) is 23.9. The van der Waals surface area contributed by atoms with E-state index in [1.165, 1.54) is 12.1 Å². The lowest BCUT2D eigenvalue weighted by Crippen LogP contribution is -2.47. The maximum absolute atomic E-state index is 13.1. The van der Waals surface area contributed by atoms with E-state index in [0.29, 0.717) is 19.4 Å². The number of piperidine rings is 1. The number of rotatable bonds is 4. The minimum Gasteiger partial charge on any atom is -0.391 e. The summed E-state index contributed by atoms with van der Waals surface area (Å²) in [5, 5.41) is 9.88. The zero-order chi connectivity index (χ0) is 15.4. The molecule has 0 radical (unpaired) electrons. The number of benzene rings is 1. The first-order valence-corrected chi connectivity index (χ1v) is 7.68. The van der Waals surface area contributed by atoms with Gasteiger partial charge in [-0.2, -0.15) is 0 Å². The molecule has 1 fully saturated rings. The smallest absolute Gasteiger partial charge is 0.225 e. The second-order valence-corrected chi connectivity index (χ2v) is 6.19. The van der Waals surface area contributed by atoms with E-state index in [0.717, 1.165) is 18.5 Å². The van der Waals surface area contributed by atoms with Gasteiger partial charge in [-0.1, -0.05) is 26.0 Å². The Labute approximate surface area is 125 Å². The van der Waals surface area contributed by atoms with Gasteiger partial charge >= 0.3 is 0 Å². The molecular formula is C17H24FNO2. The minimum absolute atomic E-state index is 0.0948. The van der Waals surface area contributed by atoms with Gasteiger partial charge in [-0.3, -0.25) is 4.79 Å². The molecule has 0 aromatic heterocycles. The molecule has 116 valence electrons. The molecule has 0 bridgehead atoms. The van der Waals surface area contributed by atoms with Crippen LogP contribution in [0.1, 0.15) is 32.3 Å². The number of aliphatic hydroxyl groups is 1. The summed E-state index contributed by atoms with van der Waals surface area (Å²) in [6.45, 7) is 5.08. The van der Waals surface area contributed by atoms with Crippen LogP contribution in [-0.4, -0.2) is 35.1 Å². The number of carbonyl (C=O) groups is 1. The van der Waals surface area contributed by atoms with Gasteiger partial charge in [-0.25, -0.2) is 4.39 Å². The number of amides is 1. The molecule has 3 unspecified atom stereocenters. The van der Waals surface area contributed by atoms with Gasteiger partial charge in [-0.15, -0.1) is 0 Å². The quantitative estimate of drug-likeness (QED) is 0.927. The maximum Gasteiger partial charge on any atom is 0.225 e. The highest BCUT2D eigenvalue weighted by molar-refractivity contribution is 5.78. The molecule has 1 aromatic carbocycles. The molecule has 21 heavy (non-hydrogen) atoms. The van der Waals surface area contributed by atoms with E-state index in [1.54, 1.807) is 11.0 Å². The zero-order valence-electron chi connectivity index (χ0n) is 12.8. The molecule has 1 aliphatic heterocycles. The van der Waals surface area contributed by atoms with Crippen molar-refractivity contribution in [1.82, 2.24) is 4.90 Å². The summed E-state index contributed by atoms with van der Waals surface area (Å²) in [7, 11) is 0. The molecule has 0 spiro atoms. The summed E-state index contributed by atoms with van der Waals surface area (Å²) in [5.74, 6) is 0.0162. The SMILES string of the molecule is CC(CCc1cccc(F)c1)C(=O)N1CCC(C)C(O)C1. The van der Waals surface area contributed by atoms with Crippen LogP contribution in [0.15, 0.2) is 24.3 Å². The van der Waals surface area contributed by atoms with Crippen molar-refractivity contribution in [3.8, 4) is 0 Å². The van der Waals surface area contributed by atoms with E-state index in [2.05, 4.69) is 0 Å². The van der Waals surface area contributed by atoms with E-state index >= 15 is 0 Å². The van der Waals surface area contributed by atoms with Crippen LogP contribution in [0.4, 0.5) is 4.39 Å². The summed E-state index contributed by atoms with van der Waals surface area (Å²) in [5.41, 5.74) is 0.918. The number of nitrogens with zero attached hydrogens (tertiary/aromatic N) is 1. The standard InChI is InChI=1S/C17H24FNO2/c1-12-8-9-19(11-16(12)20)17(21)13(2)6-7-14-4-3-5-15(18)10-14/h3-5,10,12-13,16,20H,6-9,11H2,1-2H3. The highest BCUT2D eigenvalue weighted by Crippen LogP contribution is 2.20. The molecule has 1 aliphatic rings. The Bertz CT molecular complexity index is 491. The fourth-order valence-electron chi connectivity index (χ4n) is 2.76. The predicted octanol–water partition coefficient (Wildman–Crippen LogP) is 2.62. The molecule has 1 aromatic rings. The topological polar surface area (TPSA) is 40.5 Å². The second-order valence-electron chi connectivity index (χ2n) is 6.19. The summed E-state index contributed by atoms with van der Waals surface area (Å²) in [6, 6.07) is 6.52. The number of halogens is 1. The number of aliphatic hydroxyl groups excluding tert-OH is 1. The fraction of sp³-hybridized carbons (Fsp3) is 0.588. The second kappa shape index (κ2) is 7.03. The highest BCUT2D eigenvalue weighted by atomic mass is 19.1. The molecule has 1 N–H and O–H groups in total. The van der Waals surface area contributed by atoms with E-state index < -0.39 is 6.10 Å². The first-order valence-electron chi connectivity index (χ1n) is 7.68. The third-order valence-electron chi connectivity index (χ3n) is 4.41. The number of hydrogen-bond acceptors (Lipinski definition) is 2. The summed E-state index contributed by atoms with van der Waals surface area (Å²) < 4.78 is 13.1. The molecule has 0 saturated carbocycles. The molecule has 4 heteroatoms. The largest absolute Gasteiger partial charge is 0.391 e. The molecule has 3 atom stereocenters. The Hall–Kier alpha value is -1.42. The number of β-amino-alcohol motifs (C(OH)–C–C–N with tert-alkyl or cyclic N) is 1. The van der Waals surface area contributed by atoms with Crippen molar-refractivity contribution in [2.75, 3.05) is 13.1 Å². The van der Waals surface area contributed by atoms with E-state index in [1.807, 2.05) is 19.9 Å². The van der Waals surface area contributed by atoms with Crippen LogP contribution in [-0.2, 0) is 11.2 Å². The van der Waals surface area contributed by atoms with Crippen LogP contribution in [0.2, 0.25) is 0 Å². The Morgan fingerprint density at radius 3 is 2.95 bits per heavy atom. The molecule has 1 saturated heterocycles. The Morgan fingerprint density at radius 2 is 2.29 bits per heavy atom. The van der Waals surface area contributed by atoms with E-state index in [4.69, 9.17) is 0 Å². The first kappa shape index (κ1) is 16.0. The molecule has 2 rings (SSSR count). The van der Waals surface area contributed by atoms with Crippen molar-refractivity contribution in [1.29, 1.82) is 0 Å². The molecule has 1 heterocycles. The number of aryl methyl sites for hydroxylation is 1. The lowest BCUT2D eigenvalue weighted by molar-refractivity contribution is -0.139. The van der Waals surface area contributed by atoms with Crippen LogP contribution in [0.5, 0.6) is 0 Å². The van der Waals surface area contributed by atoms with Gasteiger partial charge in [0.1, 0.15) is 5.82 Å². The lowest BCUT2D eigenvalue weighted by Gasteiger charge is -2.35. The first-order chi connectivity index (χ1) is 9.97. The average Bonchev–Trinajstić information content (AvgIpc) is 2.47. The van der Waals surface area contributed by atoms with Crippen LogP contribution >= 0.6 is 0 Å². The van der Waals surface area contributed by atoms with Gasteiger partial charge in [0.15, 0.2) is 0 Å². The molecule has 1 amide bonds. The number of carbonyl (C=O) groups excluding carboxylic acids is 1. The third kappa shape index (κ3) is 4.27.